The number of nitrogens with zero attached hydrogens (tertiary/aromatic N) is 2. The molecule has 27 heavy (non-hydrogen) atoms. The normalized spacial score (nSPS) is 22.0. The van der Waals surface area contributed by atoms with E-state index in [4.69, 9.17) is 4.74 Å². The van der Waals surface area contributed by atoms with Crippen molar-refractivity contribution < 1.29 is 14.6 Å². The third kappa shape index (κ3) is 5.47. The zero-order valence-electron chi connectivity index (χ0n) is 15.7. The van der Waals surface area contributed by atoms with Gasteiger partial charge in [0.2, 0.25) is 0 Å². The van der Waals surface area contributed by atoms with Crippen LogP contribution in [0, 0.1) is 5.41 Å². The fourth-order valence-electron chi connectivity index (χ4n) is 3.61. The van der Waals surface area contributed by atoms with E-state index in [1.165, 1.54) is 6.07 Å². The number of ether oxygens (including phenoxy) is 1. The van der Waals surface area contributed by atoms with Gasteiger partial charge in [-0.1, -0.05) is 12.1 Å². The molecule has 7 nitrogen and oxygen atoms in total. The van der Waals surface area contributed by atoms with Crippen LogP contribution in [0.1, 0.15) is 30.1 Å². The first-order valence-corrected chi connectivity index (χ1v) is 9.31. The van der Waals surface area contributed by atoms with Crippen LogP contribution in [0.2, 0.25) is 0 Å². The highest BCUT2D eigenvalue weighted by atomic mass is 127. The van der Waals surface area contributed by atoms with Crippen LogP contribution in [0.15, 0.2) is 29.3 Å². The van der Waals surface area contributed by atoms with Crippen molar-refractivity contribution in [2.75, 3.05) is 45.9 Å². The maximum atomic E-state index is 12.1. The van der Waals surface area contributed by atoms with E-state index in [9.17, 15) is 9.90 Å². The molecular weight excluding hydrogens is 459 g/mol. The quantitative estimate of drug-likeness (QED) is 0.255. The van der Waals surface area contributed by atoms with E-state index in [2.05, 4.69) is 27.4 Å². The largest absolute Gasteiger partial charge is 0.507 e. The monoisotopic (exact) mass is 488 g/mol. The van der Waals surface area contributed by atoms with E-state index in [-0.39, 0.29) is 46.6 Å². The van der Waals surface area contributed by atoms with E-state index in [0.717, 1.165) is 51.6 Å². The van der Waals surface area contributed by atoms with Crippen molar-refractivity contribution in [3.8, 4) is 5.75 Å². The summed E-state index contributed by atoms with van der Waals surface area (Å²) in [4.78, 5) is 19.0. The van der Waals surface area contributed by atoms with Crippen molar-refractivity contribution >= 4 is 35.8 Å². The van der Waals surface area contributed by atoms with Crippen molar-refractivity contribution in [3.05, 3.63) is 29.8 Å². The molecule has 2 saturated heterocycles. The number of halogens is 1. The number of guanidine groups is 1. The fourth-order valence-corrected chi connectivity index (χ4v) is 3.61. The summed E-state index contributed by atoms with van der Waals surface area (Å²) in [6.45, 7) is 7.44. The first-order valence-electron chi connectivity index (χ1n) is 9.31. The Hall–Kier alpha value is -1.55. The number of para-hydroxylation sites is 1. The Morgan fingerprint density at radius 2 is 2.15 bits per heavy atom. The maximum absolute atomic E-state index is 12.1. The second-order valence-corrected chi connectivity index (χ2v) is 6.98. The van der Waals surface area contributed by atoms with Gasteiger partial charge < -0.3 is 25.4 Å². The minimum Gasteiger partial charge on any atom is -0.507 e. The summed E-state index contributed by atoms with van der Waals surface area (Å²) in [5.74, 6) is 0.600. The van der Waals surface area contributed by atoms with Gasteiger partial charge in [-0.2, -0.15) is 0 Å². The lowest BCUT2D eigenvalue weighted by Crippen LogP contribution is -2.42. The molecule has 1 amide bonds. The third-order valence-corrected chi connectivity index (χ3v) is 5.07. The maximum Gasteiger partial charge on any atom is 0.255 e. The Kier molecular flexibility index (Phi) is 8.15. The zero-order valence-corrected chi connectivity index (χ0v) is 18.1. The number of phenolic OH excluding ortho intramolecular Hbond substituents is 1. The summed E-state index contributed by atoms with van der Waals surface area (Å²) in [5, 5.41) is 15.9. The van der Waals surface area contributed by atoms with Crippen molar-refractivity contribution in [2.24, 2.45) is 10.4 Å². The van der Waals surface area contributed by atoms with Gasteiger partial charge in [-0.05, 0) is 31.9 Å². The number of carbonyl (C=O) groups excluding carboxylic acids is 1. The molecule has 3 N–H and O–H groups in total. The van der Waals surface area contributed by atoms with E-state index in [1.807, 2.05) is 0 Å². The summed E-state index contributed by atoms with van der Waals surface area (Å²) in [7, 11) is 0. The number of carbonyl (C=O) groups is 1. The molecule has 0 bridgehead atoms. The second-order valence-electron chi connectivity index (χ2n) is 6.98. The number of hydrogen-bond donors (Lipinski definition) is 3. The molecule has 2 heterocycles. The summed E-state index contributed by atoms with van der Waals surface area (Å²) in [6, 6.07) is 6.53. The van der Waals surface area contributed by atoms with Gasteiger partial charge in [0.25, 0.3) is 5.91 Å². The molecule has 2 aliphatic rings. The summed E-state index contributed by atoms with van der Waals surface area (Å²) >= 11 is 0. The first-order chi connectivity index (χ1) is 12.6. The molecule has 0 aromatic heterocycles. The van der Waals surface area contributed by atoms with E-state index in [1.54, 1.807) is 18.2 Å². The Morgan fingerprint density at radius 3 is 2.85 bits per heavy atom. The van der Waals surface area contributed by atoms with Crippen LogP contribution in [-0.2, 0) is 4.74 Å². The van der Waals surface area contributed by atoms with Gasteiger partial charge in [-0.3, -0.25) is 9.79 Å². The van der Waals surface area contributed by atoms with Crippen molar-refractivity contribution in [1.29, 1.82) is 0 Å². The molecule has 1 aromatic carbocycles. The fraction of sp³-hybridized carbons (Fsp3) is 0.579. The molecule has 1 atom stereocenters. The Morgan fingerprint density at radius 1 is 1.33 bits per heavy atom. The molecule has 2 fully saturated rings. The predicted molar refractivity (Wildman–Crippen MR) is 116 cm³/mol. The molecule has 1 unspecified atom stereocenters. The lowest BCUT2D eigenvalue weighted by atomic mass is 9.87. The van der Waals surface area contributed by atoms with Crippen LogP contribution in [0.25, 0.3) is 0 Å². The van der Waals surface area contributed by atoms with Gasteiger partial charge in [0.1, 0.15) is 5.75 Å². The Balaban J connectivity index is 0.00000261. The SMILES string of the molecule is CCNC(=NCCNC(=O)c1ccccc1O)N1CCC2(CCOC2)C1.I. The zero-order chi connectivity index (χ0) is 18.4. The van der Waals surface area contributed by atoms with E-state index < -0.39 is 0 Å². The van der Waals surface area contributed by atoms with Crippen LogP contribution in [0.3, 0.4) is 0 Å². The standard InChI is InChI=1S/C19H28N4O3.HI/c1-2-20-18(23-11-7-19(13-23)8-12-26-14-19)22-10-9-21-17(25)15-5-3-4-6-16(15)24;/h3-6,24H,2,7-14H2,1H3,(H,20,22)(H,21,25);1H. The molecule has 8 heteroatoms. The van der Waals surface area contributed by atoms with Gasteiger partial charge in [-0.15, -0.1) is 24.0 Å². The number of aliphatic imine (C=N–C) groups is 1. The number of rotatable bonds is 5. The molecular formula is C19H29IN4O3. The van der Waals surface area contributed by atoms with Gasteiger partial charge in [-0.25, -0.2) is 0 Å². The van der Waals surface area contributed by atoms with Crippen LogP contribution in [0.5, 0.6) is 5.75 Å². The number of aromatic hydroxyl groups is 1. The average molecular weight is 488 g/mol. The predicted octanol–water partition coefficient (Wildman–Crippen LogP) is 1.82. The third-order valence-electron chi connectivity index (χ3n) is 5.07. The van der Waals surface area contributed by atoms with Crippen molar-refractivity contribution in [2.45, 2.75) is 19.8 Å². The van der Waals surface area contributed by atoms with Crippen LogP contribution < -0.4 is 10.6 Å². The number of nitrogens with one attached hydrogen (secondary N) is 2. The number of phenols is 1. The molecule has 1 spiro atoms. The van der Waals surface area contributed by atoms with Crippen LogP contribution in [-0.4, -0.2) is 67.8 Å². The van der Waals surface area contributed by atoms with Gasteiger partial charge in [0, 0.05) is 38.2 Å². The molecule has 2 aliphatic heterocycles. The summed E-state index contributed by atoms with van der Waals surface area (Å²) < 4.78 is 5.59. The number of hydrogen-bond acceptors (Lipinski definition) is 4. The van der Waals surface area contributed by atoms with Gasteiger partial charge in [0.15, 0.2) is 5.96 Å². The smallest absolute Gasteiger partial charge is 0.255 e. The molecule has 150 valence electrons. The van der Waals surface area contributed by atoms with Crippen molar-refractivity contribution in [1.82, 2.24) is 15.5 Å². The lowest BCUT2D eigenvalue weighted by molar-refractivity contribution is 0.0952. The number of likely N-dealkylation sites (tertiary alicyclic amines) is 1. The topological polar surface area (TPSA) is 86.2 Å². The number of amides is 1. The molecule has 1 aromatic rings. The van der Waals surface area contributed by atoms with E-state index in [0.29, 0.717) is 13.1 Å². The minimum absolute atomic E-state index is 0. The molecule has 0 aliphatic carbocycles. The highest BCUT2D eigenvalue weighted by Crippen LogP contribution is 2.38. The van der Waals surface area contributed by atoms with Crippen molar-refractivity contribution in [3.63, 3.8) is 0 Å². The second kappa shape index (κ2) is 10.1. The average Bonchev–Trinajstić information content (AvgIpc) is 3.28. The Labute approximate surface area is 177 Å². The minimum atomic E-state index is -0.286. The molecule has 3 rings (SSSR count). The lowest BCUT2D eigenvalue weighted by Gasteiger charge is -2.25. The molecule has 0 radical (unpaired) electrons. The summed E-state index contributed by atoms with van der Waals surface area (Å²) in [6.07, 6.45) is 2.26. The number of benzene rings is 1. The summed E-state index contributed by atoms with van der Waals surface area (Å²) in [5.41, 5.74) is 0.570. The van der Waals surface area contributed by atoms with Crippen LogP contribution >= 0.6 is 24.0 Å². The molecule has 0 saturated carbocycles. The highest BCUT2D eigenvalue weighted by molar-refractivity contribution is 14.0. The van der Waals surface area contributed by atoms with Gasteiger partial charge >= 0.3 is 0 Å². The van der Waals surface area contributed by atoms with Gasteiger partial charge in [0.05, 0.1) is 18.7 Å². The Bertz CT molecular complexity index is 662. The van der Waals surface area contributed by atoms with E-state index >= 15 is 0 Å². The highest BCUT2D eigenvalue weighted by Gasteiger charge is 2.42. The first kappa shape index (κ1) is 21.7. The van der Waals surface area contributed by atoms with Crippen LogP contribution in [0.4, 0.5) is 0 Å².